The van der Waals surface area contributed by atoms with Gasteiger partial charge < -0.3 is 14.6 Å². The minimum absolute atomic E-state index is 0.183. The molecule has 20 heavy (non-hydrogen) atoms. The number of methoxy groups -OCH3 is 1. The van der Waals surface area contributed by atoms with E-state index in [0.717, 1.165) is 31.2 Å². The molecule has 0 heterocycles. The molecule has 1 saturated carbocycles. The van der Waals surface area contributed by atoms with Crippen molar-refractivity contribution in [2.45, 2.75) is 44.0 Å². The lowest BCUT2D eigenvalue weighted by Crippen LogP contribution is -2.35. The van der Waals surface area contributed by atoms with Gasteiger partial charge in [-0.25, -0.2) is 0 Å². The first-order valence-electron chi connectivity index (χ1n) is 7.21. The maximum absolute atomic E-state index is 9.70. The zero-order valence-electron chi connectivity index (χ0n) is 12.2. The molecule has 1 aliphatic rings. The van der Waals surface area contributed by atoms with E-state index in [2.05, 4.69) is 24.8 Å². The molecular formula is C17H24O3. The summed E-state index contributed by atoms with van der Waals surface area (Å²) in [6.45, 7) is 4.79. The highest BCUT2D eigenvalue weighted by Crippen LogP contribution is 2.40. The van der Waals surface area contributed by atoms with E-state index >= 15 is 0 Å². The number of ether oxygens (including phenoxy) is 2. The van der Waals surface area contributed by atoms with Gasteiger partial charge in [0.1, 0.15) is 0 Å². The van der Waals surface area contributed by atoms with Crippen LogP contribution in [-0.4, -0.2) is 24.9 Å². The van der Waals surface area contributed by atoms with Crippen LogP contribution in [0.4, 0.5) is 0 Å². The average molecular weight is 276 g/mol. The van der Waals surface area contributed by atoms with Crippen molar-refractivity contribution in [1.29, 1.82) is 0 Å². The number of hydrogen-bond acceptors (Lipinski definition) is 3. The van der Waals surface area contributed by atoms with Crippen LogP contribution in [0.2, 0.25) is 0 Å². The van der Waals surface area contributed by atoms with E-state index in [9.17, 15) is 5.11 Å². The Kier molecular flexibility index (Phi) is 5.35. The summed E-state index contributed by atoms with van der Waals surface area (Å²) < 4.78 is 11.3. The molecule has 2 rings (SSSR count). The lowest BCUT2D eigenvalue weighted by molar-refractivity contribution is -0.0690. The van der Waals surface area contributed by atoms with Gasteiger partial charge in [-0.3, -0.25) is 0 Å². The summed E-state index contributed by atoms with van der Waals surface area (Å²) in [6.07, 6.45) is 4.89. The normalized spacial score (nSPS) is 26.4. The Balaban J connectivity index is 2.13. The molecule has 1 fully saturated rings. The van der Waals surface area contributed by atoms with Gasteiger partial charge >= 0.3 is 0 Å². The van der Waals surface area contributed by atoms with Crippen molar-refractivity contribution in [2.24, 2.45) is 0 Å². The molecule has 0 spiro atoms. The third-order valence-electron chi connectivity index (χ3n) is 4.11. The fourth-order valence-corrected chi connectivity index (χ4v) is 2.88. The Bertz CT molecular complexity index is 434. The molecule has 0 unspecified atom stereocenters. The summed E-state index contributed by atoms with van der Waals surface area (Å²) in [5.41, 5.74) is 2.08. The summed E-state index contributed by atoms with van der Waals surface area (Å²) in [7, 11) is 1.76. The number of aliphatic hydroxyl groups excluding tert-OH is 1. The highest BCUT2D eigenvalue weighted by molar-refractivity contribution is 5.29. The summed E-state index contributed by atoms with van der Waals surface area (Å²) >= 11 is 0. The van der Waals surface area contributed by atoms with E-state index in [1.807, 2.05) is 6.07 Å². The Morgan fingerprint density at radius 3 is 2.80 bits per heavy atom. The third-order valence-corrected chi connectivity index (χ3v) is 4.11. The number of benzene rings is 1. The molecule has 3 heteroatoms. The lowest BCUT2D eigenvalue weighted by Gasteiger charge is -2.38. The molecule has 3 nitrogen and oxygen atoms in total. The first-order valence-corrected chi connectivity index (χ1v) is 7.21. The van der Waals surface area contributed by atoms with Crippen LogP contribution >= 0.6 is 0 Å². The SMILES string of the molecule is C=CCOCc1cccc([C@]2(OC)CC[C@@H](O)CC2)c1. The smallest absolute Gasteiger partial charge is 0.0929 e. The summed E-state index contributed by atoms with van der Waals surface area (Å²) in [4.78, 5) is 0. The van der Waals surface area contributed by atoms with Gasteiger partial charge in [0.25, 0.3) is 0 Å². The van der Waals surface area contributed by atoms with Gasteiger partial charge in [-0.05, 0) is 36.8 Å². The van der Waals surface area contributed by atoms with E-state index < -0.39 is 0 Å². The van der Waals surface area contributed by atoms with Crippen molar-refractivity contribution in [1.82, 2.24) is 0 Å². The molecule has 0 saturated heterocycles. The van der Waals surface area contributed by atoms with Crippen LogP contribution in [0.1, 0.15) is 36.8 Å². The molecule has 0 atom stereocenters. The summed E-state index contributed by atoms with van der Waals surface area (Å²) in [6, 6.07) is 8.38. The van der Waals surface area contributed by atoms with Crippen LogP contribution in [0, 0.1) is 0 Å². The van der Waals surface area contributed by atoms with Crippen molar-refractivity contribution >= 4 is 0 Å². The Hall–Kier alpha value is -1.16. The average Bonchev–Trinajstić information content (AvgIpc) is 2.49. The van der Waals surface area contributed by atoms with Crippen molar-refractivity contribution in [3.63, 3.8) is 0 Å². The van der Waals surface area contributed by atoms with E-state index in [1.54, 1.807) is 13.2 Å². The highest BCUT2D eigenvalue weighted by Gasteiger charge is 2.36. The standard InChI is InChI=1S/C17H24O3/c1-3-11-20-13-14-5-4-6-15(12-14)17(19-2)9-7-16(18)8-10-17/h3-6,12,16,18H,1,7-11,13H2,2H3/t16-,17+. The van der Waals surface area contributed by atoms with Crippen LogP contribution in [-0.2, 0) is 21.7 Å². The minimum Gasteiger partial charge on any atom is -0.393 e. The molecule has 0 aliphatic heterocycles. The van der Waals surface area contributed by atoms with Crippen LogP contribution in [0.3, 0.4) is 0 Å². The maximum Gasteiger partial charge on any atom is 0.0929 e. The van der Waals surface area contributed by atoms with E-state index in [-0.39, 0.29) is 11.7 Å². The molecular weight excluding hydrogens is 252 g/mol. The van der Waals surface area contributed by atoms with Gasteiger partial charge in [0.05, 0.1) is 24.9 Å². The first kappa shape index (κ1) is 15.2. The van der Waals surface area contributed by atoms with Gasteiger partial charge in [0.2, 0.25) is 0 Å². The third kappa shape index (κ3) is 3.48. The van der Waals surface area contributed by atoms with E-state index in [0.29, 0.717) is 13.2 Å². The number of aliphatic hydroxyl groups is 1. The van der Waals surface area contributed by atoms with Gasteiger partial charge in [-0.15, -0.1) is 6.58 Å². The summed E-state index contributed by atoms with van der Waals surface area (Å²) in [5, 5.41) is 9.70. The largest absolute Gasteiger partial charge is 0.393 e. The Labute approximate surface area is 121 Å². The quantitative estimate of drug-likeness (QED) is 0.640. The monoisotopic (exact) mass is 276 g/mol. The van der Waals surface area contributed by atoms with Crippen LogP contribution in [0.5, 0.6) is 0 Å². The molecule has 0 radical (unpaired) electrons. The van der Waals surface area contributed by atoms with Crippen molar-refractivity contribution in [2.75, 3.05) is 13.7 Å². The Morgan fingerprint density at radius 2 is 2.15 bits per heavy atom. The molecule has 0 bridgehead atoms. The first-order chi connectivity index (χ1) is 9.70. The molecule has 0 aromatic heterocycles. The van der Waals surface area contributed by atoms with Crippen molar-refractivity contribution < 1.29 is 14.6 Å². The molecule has 1 aliphatic carbocycles. The molecule has 1 aromatic rings. The van der Waals surface area contributed by atoms with Crippen LogP contribution in [0.25, 0.3) is 0 Å². The summed E-state index contributed by atoms with van der Waals surface area (Å²) in [5.74, 6) is 0. The second-order valence-corrected chi connectivity index (χ2v) is 5.43. The van der Waals surface area contributed by atoms with Crippen molar-refractivity contribution in [3.8, 4) is 0 Å². The van der Waals surface area contributed by atoms with E-state index in [1.165, 1.54) is 5.56 Å². The van der Waals surface area contributed by atoms with Gasteiger partial charge in [0, 0.05) is 7.11 Å². The zero-order valence-corrected chi connectivity index (χ0v) is 12.2. The predicted octanol–water partition coefficient (Wildman–Crippen LogP) is 3.17. The van der Waals surface area contributed by atoms with Gasteiger partial charge in [-0.1, -0.05) is 30.3 Å². The van der Waals surface area contributed by atoms with Crippen molar-refractivity contribution in [3.05, 3.63) is 48.0 Å². The van der Waals surface area contributed by atoms with Crippen LogP contribution in [0.15, 0.2) is 36.9 Å². The van der Waals surface area contributed by atoms with Gasteiger partial charge in [-0.2, -0.15) is 0 Å². The Morgan fingerprint density at radius 1 is 1.40 bits per heavy atom. The fraction of sp³-hybridized carbons (Fsp3) is 0.529. The molecule has 1 aromatic carbocycles. The number of rotatable bonds is 6. The minimum atomic E-state index is -0.256. The lowest BCUT2D eigenvalue weighted by atomic mass is 9.78. The maximum atomic E-state index is 9.70. The molecule has 110 valence electrons. The molecule has 1 N–H and O–H groups in total. The second-order valence-electron chi connectivity index (χ2n) is 5.43. The predicted molar refractivity (Wildman–Crippen MR) is 79.5 cm³/mol. The second kappa shape index (κ2) is 7.02. The van der Waals surface area contributed by atoms with E-state index in [4.69, 9.17) is 9.47 Å². The van der Waals surface area contributed by atoms with Gasteiger partial charge in [0.15, 0.2) is 0 Å². The zero-order chi connectivity index (χ0) is 14.4. The number of hydrogen-bond donors (Lipinski definition) is 1. The fourth-order valence-electron chi connectivity index (χ4n) is 2.88. The van der Waals surface area contributed by atoms with Crippen LogP contribution < -0.4 is 0 Å². The molecule has 0 amide bonds. The topological polar surface area (TPSA) is 38.7 Å². The highest BCUT2D eigenvalue weighted by atomic mass is 16.5.